The van der Waals surface area contributed by atoms with E-state index in [9.17, 15) is 75.8 Å². The van der Waals surface area contributed by atoms with Gasteiger partial charge in [0.25, 0.3) is 0 Å². The van der Waals surface area contributed by atoms with Gasteiger partial charge in [-0.25, -0.2) is 9.59 Å². The Morgan fingerprint density at radius 1 is 0.653 bits per heavy atom. The molecule has 8 unspecified atom stereocenters. The van der Waals surface area contributed by atoms with Crippen molar-refractivity contribution >= 4 is 59.2 Å². The number of nitriles is 2. The van der Waals surface area contributed by atoms with Gasteiger partial charge in [0.1, 0.15) is 48.9 Å². The molecule has 101 heavy (non-hydrogen) atoms. The minimum Gasteiger partial charge on any atom is -0.504 e. The number of cyclic esters (lactones) is 2. The first-order valence-electron chi connectivity index (χ1n) is 31.9. The van der Waals surface area contributed by atoms with Crippen molar-refractivity contribution in [2.75, 3.05) is 59.1 Å². The minimum atomic E-state index is -5.27. The lowest BCUT2D eigenvalue weighted by molar-refractivity contribution is -0.176. The molecule has 10 heterocycles. The molecule has 0 radical (unpaired) electrons. The zero-order valence-corrected chi connectivity index (χ0v) is 56.8. The Kier molecular flexibility index (Phi) is 18.4. The van der Waals surface area contributed by atoms with Gasteiger partial charge in [0.2, 0.25) is 13.6 Å². The van der Waals surface area contributed by atoms with Crippen molar-refractivity contribution in [2.45, 2.75) is 150 Å². The maximum atomic E-state index is 13.4. The van der Waals surface area contributed by atoms with Crippen molar-refractivity contribution in [2.24, 2.45) is 0 Å². The summed E-state index contributed by atoms with van der Waals surface area (Å²) < 4.78 is 138. The number of phenols is 2. The number of halogens is 6. The quantitative estimate of drug-likeness (QED) is 0.0526. The van der Waals surface area contributed by atoms with Gasteiger partial charge in [-0.3, -0.25) is 33.9 Å². The highest BCUT2D eigenvalue weighted by Gasteiger charge is 2.63. The predicted octanol–water partition coefficient (Wildman–Crippen LogP) is 6.77. The number of amides is 2. The van der Waals surface area contributed by atoms with Crippen LogP contribution in [0.2, 0.25) is 0 Å². The lowest BCUT2D eigenvalue weighted by atomic mass is 9.71. The van der Waals surface area contributed by atoms with E-state index < -0.39 is 156 Å². The van der Waals surface area contributed by atoms with Crippen molar-refractivity contribution in [3.05, 3.63) is 91.5 Å². The highest BCUT2D eigenvalue weighted by molar-refractivity contribution is 7.99. The molecule has 2 amide bonds. The molecule has 0 aromatic heterocycles. The highest BCUT2D eigenvalue weighted by atomic mass is 32.2. The van der Waals surface area contributed by atoms with Gasteiger partial charge in [-0.15, -0.1) is 30.1 Å². The summed E-state index contributed by atoms with van der Waals surface area (Å²) in [6, 6.07) is -2.21. The number of nitrogens with one attached hydrogen (secondary N) is 3. The number of aromatic hydroxyl groups is 2. The molecule has 4 saturated heterocycles. The van der Waals surface area contributed by atoms with E-state index in [1.165, 1.54) is 28.1 Å². The number of nitrogens with zero attached hydrogens (tertiary/aromatic N) is 5. The number of methoxy groups -OCH3 is 2. The number of hydrogen-bond donors (Lipinski definition) is 5. The predicted molar refractivity (Wildman–Crippen MR) is 340 cm³/mol. The Morgan fingerprint density at radius 2 is 1.10 bits per heavy atom. The van der Waals surface area contributed by atoms with E-state index in [1.807, 2.05) is 21.9 Å². The van der Waals surface area contributed by atoms with Crippen molar-refractivity contribution in [1.82, 2.24) is 30.7 Å². The van der Waals surface area contributed by atoms with Crippen LogP contribution in [0.5, 0.6) is 57.5 Å². The second-order valence-corrected chi connectivity index (χ2v) is 28.1. The Bertz CT molecular complexity index is 4300. The summed E-state index contributed by atoms with van der Waals surface area (Å²) >= 11 is 2.05. The van der Waals surface area contributed by atoms with Gasteiger partial charge in [-0.1, -0.05) is 18.2 Å². The first-order chi connectivity index (χ1) is 48.0. The molecule has 4 aromatic rings. The maximum Gasteiger partial charge on any atom is 0.471 e. The monoisotopic (exact) mass is 1450 g/mol. The van der Waals surface area contributed by atoms with Crippen LogP contribution >= 0.6 is 23.5 Å². The Hall–Kier alpha value is -9.06. The van der Waals surface area contributed by atoms with Gasteiger partial charge in [0.05, 0.1) is 61.0 Å². The molecule has 0 saturated carbocycles. The molecular formula is C67H66F6N8O18S2. The van der Waals surface area contributed by atoms with Crippen LogP contribution in [0.1, 0.15) is 115 Å². The number of piperazine rings is 2. The summed E-state index contributed by atoms with van der Waals surface area (Å²) in [5.41, 5.74) is 6.60. The number of alkyl halides is 6. The smallest absolute Gasteiger partial charge is 0.471 e. The van der Waals surface area contributed by atoms with Crippen LogP contribution in [-0.4, -0.2) is 180 Å². The fraction of sp³-hybridized carbons (Fsp3) is 0.493. The Labute approximate surface area is 580 Å². The maximum absolute atomic E-state index is 13.4. The number of ether oxygens (including phenoxy) is 10. The van der Waals surface area contributed by atoms with Gasteiger partial charge >= 0.3 is 48.0 Å². The van der Waals surface area contributed by atoms with Crippen LogP contribution in [0.4, 0.5) is 26.3 Å². The second-order valence-electron chi connectivity index (χ2n) is 25.7. The van der Waals surface area contributed by atoms with Crippen LogP contribution in [0.15, 0.2) is 24.8 Å². The van der Waals surface area contributed by atoms with Crippen molar-refractivity contribution in [3.63, 3.8) is 0 Å². The summed E-state index contributed by atoms with van der Waals surface area (Å²) in [6.45, 7) is 12.4. The van der Waals surface area contributed by atoms with E-state index in [-0.39, 0.29) is 54.6 Å². The summed E-state index contributed by atoms with van der Waals surface area (Å²) in [4.78, 5) is 82.1. The zero-order chi connectivity index (χ0) is 72.5. The average molecular weight is 1450 g/mol. The van der Waals surface area contributed by atoms with Gasteiger partial charge in [-0.2, -0.15) is 36.9 Å². The molecule has 14 rings (SSSR count). The molecule has 4 aromatic carbocycles. The third-order valence-corrected chi connectivity index (χ3v) is 22.9. The van der Waals surface area contributed by atoms with Gasteiger partial charge in [0.15, 0.2) is 46.0 Å². The molecule has 0 spiro atoms. The fourth-order valence-corrected chi connectivity index (χ4v) is 19.5. The number of hydrogen-bond acceptors (Lipinski definition) is 26. The van der Waals surface area contributed by atoms with Crippen molar-refractivity contribution < 1.29 is 113 Å². The van der Waals surface area contributed by atoms with E-state index in [0.717, 1.165) is 34.7 Å². The van der Waals surface area contributed by atoms with E-state index >= 15 is 0 Å². The minimum absolute atomic E-state index is 0.104. The first-order valence-corrected chi connectivity index (χ1v) is 33.9. The van der Waals surface area contributed by atoms with Crippen LogP contribution < -0.4 is 53.8 Å². The Balaban J connectivity index is 0.000000181. The average Bonchev–Trinajstić information content (AvgIpc) is 1.45. The molecule has 536 valence electrons. The number of benzene rings is 4. The largest absolute Gasteiger partial charge is 0.504 e. The summed E-state index contributed by atoms with van der Waals surface area (Å²) in [5.74, 6) is -7.16. The SMILES string of the molecule is C=CCN1C2c3c(cc(C)c(OC)c3O)CC1[C@H](C#N)N1C2[C@@H]2SCC(NC(=O)C(F)(F)F)C(=O)OC[C@H]1c1c3c(c(C)c(OC(C)=O)c12)OCO3.COc1c(C)cc2c(c1O)C1NC(C2)[C@H](C#N)N2C1[C@@H]1SCC(NC(=O)C(F)(F)F)C(=O)OC[C@H]2c2c3c(c(C)c(OC(C)=O)c21)OCO3. The molecule has 10 aliphatic rings. The van der Waals surface area contributed by atoms with Crippen LogP contribution in [0.3, 0.4) is 0 Å². The lowest BCUT2D eigenvalue weighted by Gasteiger charge is -2.62. The van der Waals surface area contributed by atoms with Crippen LogP contribution in [0.25, 0.3) is 0 Å². The molecule has 8 bridgehead atoms. The number of carbonyl (C=O) groups excluding carboxylic acids is 6. The standard InChI is InChI=1S/C35H35F3N4O9S.C32H31F3N4O9S/c1-6-7-41-19-9-17-8-14(2)28(47-5)27(44)22(17)25(41)26-32-24-23(31-30(49-13-50-31)15(3)29(24)51-16(4)43)21(42(26)20(19)10-39)11-48-33(45)18(12-52-32)40-34(46)35(36,37)38;1-11-5-14-6-15-17(7-36)39-18-8-45-30(42)16(38-31(43)32(33,34)35)9-49-29(23(39)22(37-15)19(14)24(41)25(11)44-4)21-20(18)28-27(46-10-47-28)12(2)26(21)48-13(3)40/h6,8,18-21,25-26,32,44H,1,7,9,11-13H2,2-5H3,(H,40,46);5,15-18,22-23,29,37,41H,6,8-10H2,1-4H3,(H,38,43)/t18?,19?,20-,21-,25?,26?,32+;15?,16?,17-,18-,22?,23?,29+/m00/s1. The molecule has 14 atom stereocenters. The van der Waals surface area contributed by atoms with E-state index in [2.05, 4.69) is 28.9 Å². The Morgan fingerprint density at radius 3 is 1.54 bits per heavy atom. The number of esters is 4. The molecule has 5 N–H and O–H groups in total. The van der Waals surface area contributed by atoms with E-state index in [0.29, 0.717) is 91.5 Å². The first kappa shape index (κ1) is 70.4. The van der Waals surface area contributed by atoms with Crippen LogP contribution in [-0.2, 0) is 51.1 Å². The molecule has 0 aliphatic carbocycles. The molecule has 26 nitrogen and oxygen atoms in total. The summed E-state index contributed by atoms with van der Waals surface area (Å²) in [6.07, 6.45) is -8.13. The zero-order valence-electron chi connectivity index (χ0n) is 55.1. The van der Waals surface area contributed by atoms with Gasteiger partial charge < -0.3 is 73.5 Å². The number of thioether (sulfide) groups is 2. The van der Waals surface area contributed by atoms with Gasteiger partial charge in [0, 0.05) is 101 Å². The third-order valence-electron chi connectivity index (χ3n) is 20.1. The number of aryl methyl sites for hydroxylation is 2. The normalized spacial score (nSPS) is 28.0. The van der Waals surface area contributed by atoms with E-state index in [1.54, 1.807) is 44.4 Å². The topological polar surface area (TPSA) is 329 Å². The molecule has 34 heteroatoms. The number of phenolic OH excluding ortho intramolecular Hbond substituents is 2. The fourth-order valence-electron chi connectivity index (χ4n) is 16.5. The van der Waals surface area contributed by atoms with Crippen molar-refractivity contribution in [1.29, 1.82) is 10.5 Å². The van der Waals surface area contributed by atoms with E-state index in [4.69, 9.17) is 47.4 Å². The summed E-state index contributed by atoms with van der Waals surface area (Å²) in [7, 11) is 2.88. The number of rotatable bonds is 8. The molecular weight excluding hydrogens is 1380 g/mol. The number of carbonyl (C=O) groups is 6. The lowest BCUT2D eigenvalue weighted by Crippen LogP contribution is -2.70. The van der Waals surface area contributed by atoms with Crippen LogP contribution in [0, 0.1) is 50.4 Å². The molecule has 4 fully saturated rings. The molecule has 10 aliphatic heterocycles. The van der Waals surface area contributed by atoms with Crippen molar-refractivity contribution in [3.8, 4) is 69.6 Å². The summed E-state index contributed by atoms with van der Waals surface area (Å²) in [5, 5.41) is 50.7. The number of fused-ring (bicyclic) bond motifs is 18. The third kappa shape index (κ3) is 11.5. The second kappa shape index (κ2) is 26.4. The highest BCUT2D eigenvalue weighted by Crippen LogP contribution is 2.66. The van der Waals surface area contributed by atoms with Gasteiger partial charge in [-0.05, 0) is 62.8 Å².